The molecule has 0 atom stereocenters. The lowest BCUT2D eigenvalue weighted by Crippen LogP contribution is -2.33. The molecule has 5 nitrogen and oxygen atoms in total. The van der Waals surface area contributed by atoms with E-state index in [-0.39, 0.29) is 0 Å². The molecule has 0 bridgehead atoms. The summed E-state index contributed by atoms with van der Waals surface area (Å²) < 4.78 is 16.4. The van der Waals surface area contributed by atoms with Gasteiger partial charge in [-0.2, -0.15) is 0 Å². The molecule has 5 heteroatoms. The lowest BCUT2D eigenvalue weighted by atomic mass is 9.91. The molecule has 0 saturated carbocycles. The topological polar surface area (TPSA) is 47.7 Å². The molecule has 4 aromatic rings. The maximum Gasteiger partial charge on any atom is 0.212 e. The van der Waals surface area contributed by atoms with E-state index < -0.39 is 0 Å². The maximum absolute atomic E-state index is 5.60. The minimum Gasteiger partial charge on any atom is -0.493 e. The first-order valence-electron chi connectivity index (χ1n) is 11.4. The molecule has 3 aromatic carbocycles. The minimum absolute atomic E-state index is 0.616. The van der Waals surface area contributed by atoms with Crippen LogP contribution in [0, 0.1) is 5.92 Å². The molecular weight excluding hydrogens is 400 g/mol. The van der Waals surface area contributed by atoms with Crippen molar-refractivity contribution in [3.63, 3.8) is 0 Å². The number of aromatic nitrogens is 1. The van der Waals surface area contributed by atoms with Gasteiger partial charge in [0.1, 0.15) is 0 Å². The van der Waals surface area contributed by atoms with E-state index in [1.54, 1.807) is 14.2 Å². The number of benzene rings is 3. The Hall–Kier alpha value is -3.05. The Bertz CT molecular complexity index is 1210. The van der Waals surface area contributed by atoms with Crippen LogP contribution >= 0.6 is 0 Å². The van der Waals surface area contributed by atoms with Crippen molar-refractivity contribution in [2.24, 2.45) is 5.92 Å². The van der Waals surface area contributed by atoms with Gasteiger partial charge in [-0.15, -0.1) is 0 Å². The molecule has 5 rings (SSSR count). The number of hydrogen-bond donors (Lipinski definition) is 0. The number of hydrogen-bond acceptors (Lipinski definition) is 5. The Morgan fingerprint density at radius 2 is 1.78 bits per heavy atom. The van der Waals surface area contributed by atoms with E-state index >= 15 is 0 Å². The molecule has 166 valence electrons. The van der Waals surface area contributed by atoms with Crippen molar-refractivity contribution < 1.29 is 14.0 Å². The highest BCUT2D eigenvalue weighted by molar-refractivity contribution is 5.87. The fourth-order valence-corrected chi connectivity index (χ4v) is 4.92. The van der Waals surface area contributed by atoms with Crippen molar-refractivity contribution >= 4 is 21.7 Å². The van der Waals surface area contributed by atoms with Crippen LogP contribution < -0.4 is 9.47 Å². The van der Waals surface area contributed by atoms with Gasteiger partial charge in [-0.3, -0.25) is 4.90 Å². The van der Waals surface area contributed by atoms with Gasteiger partial charge in [0.25, 0.3) is 0 Å². The van der Waals surface area contributed by atoms with Crippen LogP contribution in [0.5, 0.6) is 11.5 Å². The third-order valence-electron chi connectivity index (χ3n) is 6.77. The summed E-state index contributed by atoms with van der Waals surface area (Å²) >= 11 is 0. The van der Waals surface area contributed by atoms with Crippen LogP contribution in [-0.2, 0) is 13.0 Å². The fourth-order valence-electron chi connectivity index (χ4n) is 4.92. The maximum atomic E-state index is 5.60. The Morgan fingerprint density at radius 3 is 2.56 bits per heavy atom. The molecule has 1 fully saturated rings. The normalized spacial score (nSPS) is 15.4. The predicted molar refractivity (Wildman–Crippen MR) is 127 cm³/mol. The van der Waals surface area contributed by atoms with E-state index in [2.05, 4.69) is 52.5 Å². The van der Waals surface area contributed by atoms with Gasteiger partial charge in [0, 0.05) is 11.9 Å². The van der Waals surface area contributed by atoms with Gasteiger partial charge in [0.15, 0.2) is 5.75 Å². The van der Waals surface area contributed by atoms with Crippen molar-refractivity contribution in [2.75, 3.05) is 27.3 Å². The number of rotatable bonds is 7. The van der Waals surface area contributed by atoms with Crippen LogP contribution in [0.25, 0.3) is 21.7 Å². The summed E-state index contributed by atoms with van der Waals surface area (Å²) in [5.74, 6) is 2.02. The molecule has 1 aliphatic rings. The van der Waals surface area contributed by atoms with Crippen LogP contribution in [0.3, 0.4) is 0 Å². The van der Waals surface area contributed by atoms with Gasteiger partial charge < -0.3 is 14.0 Å². The quantitative estimate of drug-likeness (QED) is 0.368. The molecule has 0 radical (unpaired) electrons. The van der Waals surface area contributed by atoms with Crippen LogP contribution in [0.15, 0.2) is 59.1 Å². The molecule has 1 saturated heterocycles. The summed E-state index contributed by atoms with van der Waals surface area (Å²) in [4.78, 5) is 2.59. The van der Waals surface area contributed by atoms with Gasteiger partial charge in [0.05, 0.1) is 19.9 Å². The molecule has 0 N–H and O–H groups in total. The fraction of sp³-hybridized carbons (Fsp3) is 0.370. The lowest BCUT2D eigenvalue weighted by Gasteiger charge is -2.32. The smallest absolute Gasteiger partial charge is 0.212 e. The first-order chi connectivity index (χ1) is 15.7. The van der Waals surface area contributed by atoms with E-state index in [1.807, 2.05) is 12.1 Å². The van der Waals surface area contributed by atoms with E-state index in [0.717, 1.165) is 49.5 Å². The summed E-state index contributed by atoms with van der Waals surface area (Å²) in [7, 11) is 3.26. The predicted octanol–water partition coefficient (Wildman–Crippen LogP) is 5.84. The van der Waals surface area contributed by atoms with Crippen molar-refractivity contribution in [2.45, 2.75) is 32.2 Å². The monoisotopic (exact) mass is 430 g/mol. The number of nitrogens with zero attached hydrogens (tertiary/aromatic N) is 2. The molecule has 1 aromatic heterocycles. The van der Waals surface area contributed by atoms with E-state index in [4.69, 9.17) is 14.0 Å². The molecule has 0 amide bonds. The second kappa shape index (κ2) is 9.21. The lowest BCUT2D eigenvalue weighted by molar-refractivity contribution is 0.172. The van der Waals surface area contributed by atoms with Gasteiger partial charge in [-0.05, 0) is 79.2 Å². The van der Waals surface area contributed by atoms with Crippen molar-refractivity contribution in [1.82, 2.24) is 10.1 Å². The Labute approximate surface area is 188 Å². The number of piperidine rings is 1. The summed E-state index contributed by atoms with van der Waals surface area (Å²) in [6.45, 7) is 3.34. The number of ether oxygens (including phenoxy) is 2. The second-order valence-corrected chi connectivity index (χ2v) is 8.75. The number of aryl methyl sites for hydroxylation is 1. The highest BCUT2D eigenvalue weighted by atomic mass is 16.5. The SMILES string of the molecule is COc1ccc2c(CCC3CCN(Cc4ccc5ccccc5c4)CC3)noc2c1OC. The molecular formula is C27H30N2O3. The average Bonchev–Trinajstić information content (AvgIpc) is 3.26. The number of methoxy groups -OCH3 is 2. The molecule has 0 unspecified atom stereocenters. The number of fused-ring (bicyclic) bond motifs is 2. The molecule has 0 aliphatic carbocycles. The van der Waals surface area contributed by atoms with Crippen molar-refractivity contribution in [1.29, 1.82) is 0 Å². The third kappa shape index (κ3) is 4.17. The Morgan fingerprint density at radius 1 is 0.969 bits per heavy atom. The number of likely N-dealkylation sites (tertiary alicyclic amines) is 1. The summed E-state index contributed by atoms with van der Waals surface area (Å²) in [6.07, 6.45) is 4.54. The first kappa shape index (κ1) is 20.8. The van der Waals surface area contributed by atoms with E-state index in [0.29, 0.717) is 17.1 Å². The minimum atomic E-state index is 0.616. The molecule has 32 heavy (non-hydrogen) atoms. The zero-order chi connectivity index (χ0) is 21.9. The molecule has 0 spiro atoms. The molecule has 1 aliphatic heterocycles. The van der Waals surface area contributed by atoms with Crippen molar-refractivity contribution in [3.05, 3.63) is 65.9 Å². The second-order valence-electron chi connectivity index (χ2n) is 8.75. The van der Waals surface area contributed by atoms with Crippen molar-refractivity contribution in [3.8, 4) is 11.5 Å². The van der Waals surface area contributed by atoms with Crippen LogP contribution in [0.1, 0.15) is 30.5 Å². The standard InChI is InChI=1S/C27H30N2O3/c1-30-25-12-10-23-24(28-32-26(23)27(25)31-2)11-8-19-13-15-29(16-14-19)18-20-7-9-21-5-3-4-6-22(21)17-20/h3-7,9-10,12,17,19H,8,11,13-16,18H2,1-2H3. The zero-order valence-electron chi connectivity index (χ0n) is 18.8. The highest BCUT2D eigenvalue weighted by Crippen LogP contribution is 2.37. The zero-order valence-corrected chi connectivity index (χ0v) is 18.8. The highest BCUT2D eigenvalue weighted by Gasteiger charge is 2.22. The summed E-state index contributed by atoms with van der Waals surface area (Å²) in [6, 6.07) is 19.4. The van der Waals surface area contributed by atoms with Gasteiger partial charge in [0.2, 0.25) is 11.3 Å². The molecule has 2 heterocycles. The third-order valence-corrected chi connectivity index (χ3v) is 6.77. The summed E-state index contributed by atoms with van der Waals surface area (Å²) in [5.41, 5.74) is 3.09. The van der Waals surface area contributed by atoms with Gasteiger partial charge >= 0.3 is 0 Å². The largest absolute Gasteiger partial charge is 0.493 e. The summed E-state index contributed by atoms with van der Waals surface area (Å²) in [5, 5.41) is 8.00. The van der Waals surface area contributed by atoms with Crippen LogP contribution in [0.4, 0.5) is 0 Å². The van der Waals surface area contributed by atoms with E-state index in [1.165, 1.54) is 29.2 Å². The average molecular weight is 431 g/mol. The van der Waals surface area contributed by atoms with Crippen LogP contribution in [-0.4, -0.2) is 37.4 Å². The van der Waals surface area contributed by atoms with Crippen LogP contribution in [0.2, 0.25) is 0 Å². The Balaban J connectivity index is 1.17. The Kier molecular flexibility index (Phi) is 5.99. The van der Waals surface area contributed by atoms with Gasteiger partial charge in [-0.25, -0.2) is 0 Å². The first-order valence-corrected chi connectivity index (χ1v) is 11.4. The van der Waals surface area contributed by atoms with E-state index in [9.17, 15) is 0 Å². The van der Waals surface area contributed by atoms with Gasteiger partial charge in [-0.1, -0.05) is 41.6 Å².